The van der Waals surface area contributed by atoms with Crippen LogP contribution in [0.1, 0.15) is 11.1 Å². The summed E-state index contributed by atoms with van der Waals surface area (Å²) in [6.45, 7) is 0.0916. The van der Waals surface area contributed by atoms with E-state index >= 15 is 0 Å². The van der Waals surface area contributed by atoms with E-state index in [2.05, 4.69) is 5.32 Å². The van der Waals surface area contributed by atoms with Crippen LogP contribution in [0.5, 0.6) is 11.5 Å². The van der Waals surface area contributed by atoms with Crippen molar-refractivity contribution in [2.45, 2.75) is 18.4 Å². The van der Waals surface area contributed by atoms with Crippen LogP contribution in [-0.2, 0) is 17.1 Å². The quantitative estimate of drug-likeness (QED) is 0.347. The lowest BCUT2D eigenvalue weighted by atomic mass is 10.0. The van der Waals surface area contributed by atoms with Gasteiger partial charge in [0.25, 0.3) is 5.91 Å². The minimum absolute atomic E-state index is 0.0627. The van der Waals surface area contributed by atoms with E-state index in [0.717, 1.165) is 5.56 Å². The normalized spacial score (nSPS) is 13.1. The van der Waals surface area contributed by atoms with Crippen LogP contribution in [-0.4, -0.2) is 42.0 Å². The third-order valence-electron chi connectivity index (χ3n) is 5.56. The van der Waals surface area contributed by atoms with Crippen molar-refractivity contribution in [2.75, 3.05) is 18.7 Å². The molecule has 188 valence electrons. The molecule has 1 atom stereocenters. The van der Waals surface area contributed by atoms with Gasteiger partial charge >= 0.3 is 6.03 Å². The molecule has 1 heterocycles. The Hall–Kier alpha value is -3.50. The van der Waals surface area contributed by atoms with Crippen molar-refractivity contribution in [3.63, 3.8) is 0 Å². The van der Waals surface area contributed by atoms with Crippen molar-refractivity contribution >= 4 is 40.8 Å². The summed E-state index contributed by atoms with van der Waals surface area (Å²) in [5, 5.41) is 25.5. The molecule has 3 aromatic carbocycles. The number of likely N-dealkylation sites (N-methyl/N-ethyl adjacent to an activating group) is 1. The molecule has 36 heavy (non-hydrogen) atoms. The molecule has 0 aliphatic carbocycles. The summed E-state index contributed by atoms with van der Waals surface area (Å²) in [6.07, 6.45) is 0.138. The molecule has 9 nitrogen and oxygen atoms in total. The van der Waals surface area contributed by atoms with Crippen molar-refractivity contribution in [3.05, 3.63) is 87.9 Å². The molecule has 0 bridgehead atoms. The van der Waals surface area contributed by atoms with E-state index in [9.17, 15) is 19.8 Å². The van der Waals surface area contributed by atoms with Gasteiger partial charge in [-0.3, -0.25) is 10.1 Å². The maximum absolute atomic E-state index is 13.5. The predicted molar refractivity (Wildman–Crippen MR) is 134 cm³/mol. The van der Waals surface area contributed by atoms with E-state index in [1.165, 1.54) is 23.1 Å². The zero-order valence-electron chi connectivity index (χ0n) is 19.1. The first-order valence-electron chi connectivity index (χ1n) is 10.8. The van der Waals surface area contributed by atoms with E-state index in [1.54, 1.807) is 25.2 Å². The Morgan fingerprint density at radius 2 is 1.67 bits per heavy atom. The van der Waals surface area contributed by atoms with Gasteiger partial charge in [-0.05, 0) is 29.8 Å². The molecule has 0 saturated carbocycles. The number of ether oxygens (including phenoxy) is 2. The lowest BCUT2D eigenvalue weighted by molar-refractivity contribution is -0.184. The largest absolute Gasteiger partial charge is 0.454 e. The molecule has 3 amide bonds. The molecular weight excluding hydrogens is 509 g/mol. The van der Waals surface area contributed by atoms with Crippen LogP contribution in [0, 0.1) is 0 Å². The second kappa shape index (κ2) is 10.6. The van der Waals surface area contributed by atoms with Gasteiger partial charge in [0.2, 0.25) is 12.7 Å². The van der Waals surface area contributed by atoms with Crippen molar-refractivity contribution in [2.24, 2.45) is 0 Å². The molecule has 1 aliphatic rings. The van der Waals surface area contributed by atoms with Gasteiger partial charge in [0.05, 0.1) is 15.6 Å². The molecule has 0 aromatic heterocycles. The summed E-state index contributed by atoms with van der Waals surface area (Å²) in [5.74, 6) is -2.29. The number of urea groups is 1. The van der Waals surface area contributed by atoms with Crippen molar-refractivity contribution < 1.29 is 29.3 Å². The molecular formula is C25H23Cl2N3O6. The third-order valence-corrected chi connectivity index (χ3v) is 6.19. The summed E-state index contributed by atoms with van der Waals surface area (Å²) < 4.78 is 10.7. The number of carbonyl (C=O) groups excluding carboxylic acids is 2. The number of rotatable bonds is 7. The highest BCUT2D eigenvalue weighted by Crippen LogP contribution is 2.35. The smallest absolute Gasteiger partial charge is 0.319 e. The Bertz CT molecular complexity index is 1250. The second-order valence-electron chi connectivity index (χ2n) is 8.04. The minimum Gasteiger partial charge on any atom is -0.454 e. The van der Waals surface area contributed by atoms with Crippen molar-refractivity contribution in [3.8, 4) is 11.5 Å². The first-order valence-corrected chi connectivity index (χ1v) is 11.6. The fraction of sp³-hybridized carbons (Fsp3) is 0.200. The van der Waals surface area contributed by atoms with E-state index < -0.39 is 23.9 Å². The van der Waals surface area contributed by atoms with Crippen LogP contribution in [0.2, 0.25) is 10.0 Å². The minimum atomic E-state index is -2.90. The van der Waals surface area contributed by atoms with Gasteiger partial charge in [-0.25, -0.2) is 4.79 Å². The predicted octanol–water partition coefficient (Wildman–Crippen LogP) is 3.39. The third kappa shape index (κ3) is 5.66. The van der Waals surface area contributed by atoms with Gasteiger partial charge in [-0.15, -0.1) is 0 Å². The fourth-order valence-electron chi connectivity index (χ4n) is 3.75. The van der Waals surface area contributed by atoms with Crippen molar-refractivity contribution in [1.29, 1.82) is 0 Å². The van der Waals surface area contributed by atoms with Crippen LogP contribution in [0.15, 0.2) is 66.7 Å². The Balaban J connectivity index is 1.55. The number of fused-ring (bicyclic) bond motifs is 1. The average Bonchev–Trinajstić information content (AvgIpc) is 3.30. The highest BCUT2D eigenvalue weighted by atomic mass is 35.5. The van der Waals surface area contributed by atoms with Gasteiger partial charge < -0.3 is 29.9 Å². The summed E-state index contributed by atoms with van der Waals surface area (Å²) in [7, 11) is 1.56. The van der Waals surface area contributed by atoms with Gasteiger partial charge in [0.1, 0.15) is 6.04 Å². The van der Waals surface area contributed by atoms with Gasteiger partial charge in [-0.2, -0.15) is 0 Å². The molecule has 0 unspecified atom stereocenters. The molecule has 0 spiro atoms. The number of hydrogen-bond donors (Lipinski definition) is 4. The van der Waals surface area contributed by atoms with E-state index in [-0.39, 0.29) is 28.8 Å². The highest BCUT2D eigenvalue weighted by molar-refractivity contribution is 6.36. The average molecular weight is 532 g/mol. The van der Waals surface area contributed by atoms with Crippen LogP contribution in [0.3, 0.4) is 0 Å². The number of hydrogen-bond acceptors (Lipinski definition) is 6. The number of amides is 3. The van der Waals surface area contributed by atoms with E-state index in [4.69, 9.17) is 32.7 Å². The first kappa shape index (κ1) is 25.6. The Morgan fingerprint density at radius 1 is 1.00 bits per heavy atom. The number of carbonyl (C=O) groups is 2. The number of benzene rings is 3. The van der Waals surface area contributed by atoms with Crippen LogP contribution >= 0.6 is 23.2 Å². The lowest BCUT2D eigenvalue weighted by Gasteiger charge is -2.28. The summed E-state index contributed by atoms with van der Waals surface area (Å²) in [5.41, 5.74) is 1.00. The lowest BCUT2D eigenvalue weighted by Crippen LogP contribution is -2.56. The Kier molecular flexibility index (Phi) is 7.56. The maximum atomic E-state index is 13.5. The first-order chi connectivity index (χ1) is 17.2. The Labute approximate surface area is 217 Å². The van der Waals surface area contributed by atoms with Gasteiger partial charge in [0, 0.05) is 25.2 Å². The molecule has 0 radical (unpaired) electrons. The molecule has 4 rings (SSSR count). The number of anilines is 1. The maximum Gasteiger partial charge on any atom is 0.319 e. The fourth-order valence-corrected chi connectivity index (χ4v) is 4.41. The van der Waals surface area contributed by atoms with E-state index in [0.29, 0.717) is 17.2 Å². The number of nitrogens with zero attached hydrogens (tertiary/aromatic N) is 1. The number of nitrogens with one attached hydrogen (secondary N) is 2. The topological polar surface area (TPSA) is 120 Å². The SMILES string of the molecule is CN(C(=O)[C@H](Cc1ccccc1)NC(=O)NC(O)(O)c1c(Cl)cccc1Cl)c1ccc2c(c1)OCO2. The van der Waals surface area contributed by atoms with E-state index in [1.807, 2.05) is 35.6 Å². The number of aliphatic hydroxyl groups is 2. The second-order valence-corrected chi connectivity index (χ2v) is 8.86. The standard InChI is InChI=1S/C25H23Cl2N3O6/c1-30(16-10-11-20-21(13-16)36-14-35-20)23(31)19(12-15-6-3-2-4-7-15)28-24(32)29-25(33,34)22-17(26)8-5-9-18(22)27/h2-11,13,19,33-34H,12,14H2,1H3,(H2,28,29,32)/t19-/m0/s1. The summed E-state index contributed by atoms with van der Waals surface area (Å²) in [6, 6.07) is 16.3. The summed E-state index contributed by atoms with van der Waals surface area (Å²) in [4.78, 5) is 27.7. The molecule has 4 N–H and O–H groups in total. The van der Waals surface area contributed by atoms with Crippen LogP contribution in [0.4, 0.5) is 10.5 Å². The summed E-state index contributed by atoms with van der Waals surface area (Å²) >= 11 is 12.1. The van der Waals surface area contributed by atoms with Gasteiger partial charge in [-0.1, -0.05) is 59.6 Å². The Morgan fingerprint density at radius 3 is 2.36 bits per heavy atom. The van der Waals surface area contributed by atoms with Crippen molar-refractivity contribution in [1.82, 2.24) is 10.6 Å². The van der Waals surface area contributed by atoms with Crippen LogP contribution < -0.4 is 25.0 Å². The zero-order valence-corrected chi connectivity index (χ0v) is 20.6. The van der Waals surface area contributed by atoms with Crippen LogP contribution in [0.25, 0.3) is 0 Å². The molecule has 0 saturated heterocycles. The number of halogens is 2. The molecule has 3 aromatic rings. The monoisotopic (exact) mass is 531 g/mol. The molecule has 0 fully saturated rings. The molecule has 1 aliphatic heterocycles. The van der Waals surface area contributed by atoms with Gasteiger partial charge in [0.15, 0.2) is 11.5 Å². The highest BCUT2D eigenvalue weighted by Gasteiger charge is 2.35. The molecule has 11 heteroatoms. The zero-order chi connectivity index (χ0) is 25.9.